The Balaban J connectivity index is 1.90. The Morgan fingerprint density at radius 3 is 2.67 bits per heavy atom. The van der Waals surface area contributed by atoms with Crippen molar-refractivity contribution in [1.82, 2.24) is 14.8 Å². The molecule has 0 radical (unpaired) electrons. The number of nitrogens with zero attached hydrogens (tertiary/aromatic N) is 3. The molecule has 0 saturated heterocycles. The molecule has 6 nitrogen and oxygen atoms in total. The molecule has 0 unspecified atom stereocenters. The minimum absolute atomic E-state index is 0.0210. The van der Waals surface area contributed by atoms with Gasteiger partial charge in [-0.3, -0.25) is 4.79 Å². The van der Waals surface area contributed by atoms with Gasteiger partial charge in [0.15, 0.2) is 16.8 Å². The molecule has 0 fully saturated rings. The maximum absolute atomic E-state index is 11.8. The van der Waals surface area contributed by atoms with Crippen molar-refractivity contribution in [2.45, 2.75) is 30.8 Å². The lowest BCUT2D eigenvalue weighted by molar-refractivity contribution is 0.101. The summed E-state index contributed by atoms with van der Waals surface area (Å²) in [7, 11) is 3.31. The summed E-state index contributed by atoms with van der Waals surface area (Å²) in [5.41, 5.74) is 2.43. The molecule has 0 amide bonds. The third kappa shape index (κ3) is 5.22. The van der Waals surface area contributed by atoms with Gasteiger partial charge in [-0.15, -0.1) is 10.2 Å². The van der Waals surface area contributed by atoms with Crippen molar-refractivity contribution >= 4 is 29.1 Å². The molecule has 3 rings (SSSR count). The van der Waals surface area contributed by atoms with Crippen molar-refractivity contribution in [1.29, 1.82) is 0 Å². The normalized spacial score (nSPS) is 10.9. The fourth-order valence-corrected chi connectivity index (χ4v) is 4.22. The third-order valence-corrected chi connectivity index (χ3v) is 5.95. The van der Waals surface area contributed by atoms with Crippen molar-refractivity contribution in [3.63, 3.8) is 0 Å². The number of ether oxygens (including phenoxy) is 2. The zero-order chi connectivity index (χ0) is 21.5. The summed E-state index contributed by atoms with van der Waals surface area (Å²) in [6.45, 7) is 2.90. The molecule has 0 spiro atoms. The van der Waals surface area contributed by atoms with E-state index in [0.29, 0.717) is 29.5 Å². The highest BCUT2D eigenvalue weighted by molar-refractivity contribution is 7.98. The molecule has 0 bridgehead atoms. The van der Waals surface area contributed by atoms with Gasteiger partial charge in [-0.1, -0.05) is 35.5 Å². The van der Waals surface area contributed by atoms with Gasteiger partial charge in [0.1, 0.15) is 5.75 Å². The molecule has 0 aliphatic carbocycles. The Labute approximate surface area is 185 Å². The zero-order valence-electron chi connectivity index (χ0n) is 17.2. The fourth-order valence-electron chi connectivity index (χ4n) is 3.06. The summed E-state index contributed by atoms with van der Waals surface area (Å²) < 4.78 is 12.7. The van der Waals surface area contributed by atoms with E-state index in [1.165, 1.54) is 0 Å². The molecule has 30 heavy (non-hydrogen) atoms. The van der Waals surface area contributed by atoms with Gasteiger partial charge in [-0.2, -0.15) is 0 Å². The van der Waals surface area contributed by atoms with E-state index >= 15 is 0 Å². The summed E-state index contributed by atoms with van der Waals surface area (Å²) in [5.74, 6) is 2.08. The predicted octanol–water partition coefficient (Wildman–Crippen LogP) is 5.14. The molecule has 2 aromatic carbocycles. The second-order valence-corrected chi connectivity index (χ2v) is 8.01. The first-order valence-corrected chi connectivity index (χ1v) is 10.9. The smallest absolute Gasteiger partial charge is 0.191 e. The highest BCUT2D eigenvalue weighted by Crippen LogP contribution is 2.32. The number of carbonyl (C=O) groups excluding carboxylic acids is 1. The number of benzene rings is 2. The zero-order valence-corrected chi connectivity index (χ0v) is 18.8. The number of hydrogen-bond donors (Lipinski definition) is 0. The molecule has 1 aromatic heterocycles. The number of aromatic nitrogens is 3. The van der Waals surface area contributed by atoms with Crippen LogP contribution in [0.2, 0.25) is 5.02 Å². The SMILES string of the molecule is COCCCn1c(SCc2cc(C(C)=O)ccc2OC)nnc1-c1ccccc1Cl. The van der Waals surface area contributed by atoms with Crippen LogP contribution in [0.3, 0.4) is 0 Å². The third-order valence-electron chi connectivity index (χ3n) is 4.61. The summed E-state index contributed by atoms with van der Waals surface area (Å²) in [5, 5.41) is 10.2. The van der Waals surface area contributed by atoms with Crippen LogP contribution in [0.1, 0.15) is 29.3 Å². The van der Waals surface area contributed by atoms with Gasteiger partial charge >= 0.3 is 0 Å². The summed E-state index contributed by atoms with van der Waals surface area (Å²) in [6, 6.07) is 13.1. The largest absolute Gasteiger partial charge is 0.496 e. The Kier molecular flexibility index (Phi) is 7.90. The van der Waals surface area contributed by atoms with Crippen LogP contribution in [-0.2, 0) is 17.0 Å². The van der Waals surface area contributed by atoms with E-state index in [1.807, 2.05) is 36.4 Å². The topological polar surface area (TPSA) is 66.2 Å². The average Bonchev–Trinajstić information content (AvgIpc) is 3.15. The lowest BCUT2D eigenvalue weighted by Crippen LogP contribution is -2.05. The number of hydrogen-bond acceptors (Lipinski definition) is 6. The van der Waals surface area contributed by atoms with Crippen LogP contribution in [-0.4, -0.2) is 41.4 Å². The lowest BCUT2D eigenvalue weighted by atomic mass is 10.1. The Morgan fingerprint density at radius 2 is 1.97 bits per heavy atom. The van der Waals surface area contributed by atoms with Gasteiger partial charge in [0, 0.05) is 42.7 Å². The predicted molar refractivity (Wildman–Crippen MR) is 120 cm³/mol. The van der Waals surface area contributed by atoms with Crippen LogP contribution in [0.25, 0.3) is 11.4 Å². The van der Waals surface area contributed by atoms with Crippen LogP contribution >= 0.6 is 23.4 Å². The van der Waals surface area contributed by atoms with E-state index in [-0.39, 0.29) is 5.78 Å². The standard InChI is InChI=1S/C22H24ClN3O3S/c1-15(27)16-9-10-20(29-3)17(13-16)14-30-22-25-24-21(26(22)11-6-12-28-2)18-7-4-5-8-19(18)23/h4-5,7-10,13H,6,11-12,14H2,1-3H3. The fraction of sp³-hybridized carbons (Fsp3) is 0.318. The molecule has 158 valence electrons. The molecule has 0 saturated carbocycles. The molecule has 8 heteroatoms. The van der Waals surface area contributed by atoms with E-state index in [0.717, 1.165) is 34.3 Å². The van der Waals surface area contributed by atoms with Gasteiger partial charge in [-0.05, 0) is 43.7 Å². The van der Waals surface area contributed by atoms with Crippen LogP contribution in [0.4, 0.5) is 0 Å². The first-order chi connectivity index (χ1) is 14.5. The van der Waals surface area contributed by atoms with Crippen molar-refractivity contribution in [3.8, 4) is 17.1 Å². The quantitative estimate of drug-likeness (QED) is 0.244. The first-order valence-electron chi connectivity index (χ1n) is 9.52. The Bertz CT molecular complexity index is 1020. The minimum atomic E-state index is 0.0210. The molecule has 1 heterocycles. The number of carbonyl (C=O) groups is 1. The van der Waals surface area contributed by atoms with Crippen molar-refractivity contribution in [2.75, 3.05) is 20.8 Å². The van der Waals surface area contributed by atoms with Crippen molar-refractivity contribution < 1.29 is 14.3 Å². The Hall–Kier alpha value is -2.35. The maximum Gasteiger partial charge on any atom is 0.191 e. The lowest BCUT2D eigenvalue weighted by Gasteiger charge is -2.12. The van der Waals surface area contributed by atoms with E-state index in [1.54, 1.807) is 39.0 Å². The highest BCUT2D eigenvalue weighted by Gasteiger charge is 2.17. The minimum Gasteiger partial charge on any atom is -0.496 e. The summed E-state index contributed by atoms with van der Waals surface area (Å²) >= 11 is 7.94. The molecule has 3 aromatic rings. The van der Waals surface area contributed by atoms with E-state index in [4.69, 9.17) is 21.1 Å². The molecule has 0 atom stereocenters. The Morgan fingerprint density at radius 1 is 1.17 bits per heavy atom. The van der Waals surface area contributed by atoms with Crippen molar-refractivity contribution in [2.24, 2.45) is 0 Å². The van der Waals surface area contributed by atoms with E-state index in [2.05, 4.69) is 14.8 Å². The first kappa shape index (κ1) is 22.3. The number of ketones is 1. The van der Waals surface area contributed by atoms with Gasteiger partial charge in [0.05, 0.1) is 12.1 Å². The van der Waals surface area contributed by atoms with Gasteiger partial charge in [-0.25, -0.2) is 0 Å². The summed E-state index contributed by atoms with van der Waals surface area (Å²) in [4.78, 5) is 11.8. The van der Waals surface area contributed by atoms with Crippen LogP contribution < -0.4 is 4.74 Å². The van der Waals surface area contributed by atoms with Crippen LogP contribution in [0.5, 0.6) is 5.75 Å². The second kappa shape index (κ2) is 10.6. The van der Waals surface area contributed by atoms with Gasteiger partial charge < -0.3 is 14.0 Å². The molecular weight excluding hydrogens is 422 g/mol. The number of thioether (sulfide) groups is 1. The van der Waals surface area contributed by atoms with E-state index < -0.39 is 0 Å². The maximum atomic E-state index is 11.8. The monoisotopic (exact) mass is 445 g/mol. The number of halogens is 1. The summed E-state index contributed by atoms with van der Waals surface area (Å²) in [6.07, 6.45) is 0.822. The second-order valence-electron chi connectivity index (χ2n) is 6.66. The van der Waals surface area contributed by atoms with Gasteiger partial charge in [0.2, 0.25) is 0 Å². The number of rotatable bonds is 10. The average molecular weight is 446 g/mol. The highest BCUT2D eigenvalue weighted by atomic mass is 35.5. The molecule has 0 aliphatic rings. The number of methoxy groups -OCH3 is 2. The molecular formula is C22H24ClN3O3S. The van der Waals surface area contributed by atoms with Gasteiger partial charge in [0.25, 0.3) is 0 Å². The molecule has 0 N–H and O–H groups in total. The van der Waals surface area contributed by atoms with E-state index in [9.17, 15) is 4.79 Å². The van der Waals surface area contributed by atoms with Crippen LogP contribution in [0.15, 0.2) is 47.6 Å². The number of Topliss-reactive ketones (excluding diaryl/α,β-unsaturated/α-hetero) is 1. The van der Waals surface area contributed by atoms with Crippen molar-refractivity contribution in [3.05, 3.63) is 58.6 Å². The molecule has 0 aliphatic heterocycles. The van der Waals surface area contributed by atoms with Crippen LogP contribution in [0, 0.1) is 0 Å².